The van der Waals surface area contributed by atoms with Crippen LogP contribution in [0.1, 0.15) is 0 Å². The molecule has 0 saturated carbocycles. The summed E-state index contributed by atoms with van der Waals surface area (Å²) in [6, 6.07) is 13.2. The van der Waals surface area contributed by atoms with Crippen LogP contribution in [0, 0.1) is 0 Å². The van der Waals surface area contributed by atoms with Crippen molar-refractivity contribution in [1.82, 2.24) is 9.97 Å². The maximum Gasteiger partial charge on any atom is 0.225 e. The summed E-state index contributed by atoms with van der Waals surface area (Å²) in [5.74, 6) is 1.96. The van der Waals surface area contributed by atoms with Crippen LogP contribution in [0.15, 0.2) is 42.5 Å². The quantitative estimate of drug-likeness (QED) is 0.736. The van der Waals surface area contributed by atoms with Gasteiger partial charge in [-0.1, -0.05) is 18.2 Å². The first-order valence-corrected chi connectivity index (χ1v) is 7.01. The molecule has 2 aromatic carbocycles. The van der Waals surface area contributed by atoms with E-state index in [1.54, 1.807) is 14.2 Å². The van der Waals surface area contributed by atoms with Gasteiger partial charge in [0.25, 0.3) is 0 Å². The summed E-state index contributed by atoms with van der Waals surface area (Å²) in [6.07, 6.45) is 0. The number of rotatable bonds is 4. The van der Waals surface area contributed by atoms with E-state index < -0.39 is 0 Å². The highest BCUT2D eigenvalue weighted by Gasteiger charge is 2.12. The summed E-state index contributed by atoms with van der Waals surface area (Å²) in [4.78, 5) is 8.53. The Bertz CT molecular complexity index is 824. The first-order valence-electron chi connectivity index (χ1n) is 6.63. The number of halogens is 1. The van der Waals surface area contributed by atoms with Crippen LogP contribution >= 0.6 is 11.6 Å². The Balaban J connectivity index is 2.14. The molecule has 3 rings (SSSR count). The molecule has 0 spiro atoms. The van der Waals surface area contributed by atoms with Gasteiger partial charge in [-0.3, -0.25) is 0 Å². The van der Waals surface area contributed by atoms with E-state index in [-0.39, 0.29) is 5.28 Å². The van der Waals surface area contributed by atoms with Gasteiger partial charge in [-0.05, 0) is 35.9 Å². The van der Waals surface area contributed by atoms with Gasteiger partial charge in [-0.2, -0.15) is 4.98 Å². The topological polar surface area (TPSA) is 56.3 Å². The SMILES string of the molecule is COc1ccccc1Nc1nc(Cl)nc2c(OC)cccc12. The maximum atomic E-state index is 6.04. The lowest BCUT2D eigenvalue weighted by Gasteiger charge is -2.13. The van der Waals surface area contributed by atoms with Crippen LogP contribution < -0.4 is 14.8 Å². The molecule has 3 aromatic rings. The average Bonchev–Trinajstić information content (AvgIpc) is 2.54. The van der Waals surface area contributed by atoms with Crippen molar-refractivity contribution in [3.63, 3.8) is 0 Å². The van der Waals surface area contributed by atoms with Crippen LogP contribution in [0.4, 0.5) is 11.5 Å². The van der Waals surface area contributed by atoms with Crippen molar-refractivity contribution < 1.29 is 9.47 Å². The molecule has 0 radical (unpaired) electrons. The summed E-state index contributed by atoms with van der Waals surface area (Å²) < 4.78 is 10.7. The molecule has 5 nitrogen and oxygen atoms in total. The monoisotopic (exact) mass is 315 g/mol. The molecule has 0 atom stereocenters. The van der Waals surface area contributed by atoms with E-state index in [1.807, 2.05) is 42.5 Å². The highest BCUT2D eigenvalue weighted by Crippen LogP contribution is 2.33. The number of nitrogens with one attached hydrogen (secondary N) is 1. The summed E-state index contributed by atoms with van der Waals surface area (Å²) in [6.45, 7) is 0. The van der Waals surface area contributed by atoms with E-state index in [2.05, 4.69) is 15.3 Å². The number of anilines is 2. The van der Waals surface area contributed by atoms with Gasteiger partial charge in [0.05, 0.1) is 19.9 Å². The number of ether oxygens (including phenoxy) is 2. The number of hydrogen-bond donors (Lipinski definition) is 1. The van der Waals surface area contributed by atoms with E-state index in [0.29, 0.717) is 22.8 Å². The zero-order valence-electron chi connectivity index (χ0n) is 12.1. The smallest absolute Gasteiger partial charge is 0.225 e. The number of benzene rings is 2. The fraction of sp³-hybridized carbons (Fsp3) is 0.125. The number of nitrogens with zero attached hydrogens (tertiary/aromatic N) is 2. The Morgan fingerprint density at radius 3 is 2.41 bits per heavy atom. The van der Waals surface area contributed by atoms with Gasteiger partial charge in [-0.25, -0.2) is 4.98 Å². The molecule has 0 unspecified atom stereocenters. The van der Waals surface area contributed by atoms with Crippen molar-refractivity contribution in [1.29, 1.82) is 0 Å². The second kappa shape index (κ2) is 6.07. The molecule has 0 bridgehead atoms. The Morgan fingerprint density at radius 1 is 0.909 bits per heavy atom. The molecule has 112 valence electrons. The van der Waals surface area contributed by atoms with Crippen molar-refractivity contribution in [2.75, 3.05) is 19.5 Å². The highest BCUT2D eigenvalue weighted by atomic mass is 35.5. The highest BCUT2D eigenvalue weighted by molar-refractivity contribution is 6.29. The standard InChI is InChI=1S/C16H14ClN3O2/c1-21-12-8-4-3-7-11(12)18-15-10-6-5-9-13(22-2)14(10)19-16(17)20-15/h3-9H,1-2H3,(H,18,19,20). The van der Waals surface area contributed by atoms with Crippen LogP contribution in [0.5, 0.6) is 11.5 Å². The third kappa shape index (κ3) is 2.63. The van der Waals surface area contributed by atoms with Crippen LogP contribution in [-0.4, -0.2) is 24.2 Å². The minimum atomic E-state index is 0.148. The molecule has 0 amide bonds. The van der Waals surface area contributed by atoms with Gasteiger partial charge in [0.15, 0.2) is 0 Å². The van der Waals surface area contributed by atoms with Crippen LogP contribution in [0.3, 0.4) is 0 Å². The number of aromatic nitrogens is 2. The van der Waals surface area contributed by atoms with E-state index in [1.165, 1.54) is 0 Å². The molecule has 22 heavy (non-hydrogen) atoms. The summed E-state index contributed by atoms with van der Waals surface area (Å²) in [5, 5.41) is 4.20. The maximum absolute atomic E-state index is 6.04. The average molecular weight is 316 g/mol. The molecule has 0 aliphatic carbocycles. The van der Waals surface area contributed by atoms with Crippen molar-refractivity contribution in [3.8, 4) is 11.5 Å². The molecule has 1 aromatic heterocycles. The molecule has 1 N–H and O–H groups in total. The van der Waals surface area contributed by atoms with E-state index in [9.17, 15) is 0 Å². The van der Waals surface area contributed by atoms with Gasteiger partial charge in [0, 0.05) is 5.39 Å². The molecule has 1 heterocycles. The minimum Gasteiger partial charge on any atom is -0.495 e. The number of para-hydroxylation sites is 3. The second-order valence-electron chi connectivity index (χ2n) is 4.52. The lowest BCUT2D eigenvalue weighted by molar-refractivity contribution is 0.417. The summed E-state index contributed by atoms with van der Waals surface area (Å²) in [7, 11) is 3.21. The molecular weight excluding hydrogens is 302 g/mol. The molecule has 6 heteroatoms. The lowest BCUT2D eigenvalue weighted by atomic mass is 10.2. The van der Waals surface area contributed by atoms with Crippen molar-refractivity contribution in [2.24, 2.45) is 0 Å². The summed E-state index contributed by atoms with van der Waals surface area (Å²) >= 11 is 6.04. The van der Waals surface area contributed by atoms with Crippen LogP contribution in [0.2, 0.25) is 5.28 Å². The third-order valence-electron chi connectivity index (χ3n) is 3.24. The molecule has 0 aliphatic rings. The van der Waals surface area contributed by atoms with Crippen LogP contribution in [-0.2, 0) is 0 Å². The molecule has 0 saturated heterocycles. The molecule has 0 aliphatic heterocycles. The molecule has 0 fully saturated rings. The number of methoxy groups -OCH3 is 2. The van der Waals surface area contributed by atoms with E-state index in [4.69, 9.17) is 21.1 Å². The molecular formula is C16H14ClN3O2. The second-order valence-corrected chi connectivity index (χ2v) is 4.86. The minimum absolute atomic E-state index is 0.148. The van der Waals surface area contributed by atoms with E-state index in [0.717, 1.165) is 11.1 Å². The van der Waals surface area contributed by atoms with Crippen molar-refractivity contribution in [3.05, 3.63) is 47.7 Å². The van der Waals surface area contributed by atoms with Crippen molar-refractivity contribution in [2.45, 2.75) is 0 Å². The zero-order valence-corrected chi connectivity index (χ0v) is 12.9. The number of fused-ring (bicyclic) bond motifs is 1. The van der Waals surface area contributed by atoms with Gasteiger partial charge in [0.1, 0.15) is 22.8 Å². The van der Waals surface area contributed by atoms with Gasteiger partial charge in [-0.15, -0.1) is 0 Å². The Labute approximate surface area is 132 Å². The fourth-order valence-electron chi connectivity index (χ4n) is 2.23. The first kappa shape index (κ1) is 14.4. The largest absolute Gasteiger partial charge is 0.495 e. The van der Waals surface area contributed by atoms with Crippen LogP contribution in [0.25, 0.3) is 10.9 Å². The zero-order chi connectivity index (χ0) is 15.5. The van der Waals surface area contributed by atoms with Gasteiger partial charge in [0.2, 0.25) is 5.28 Å². The predicted molar refractivity (Wildman–Crippen MR) is 87.4 cm³/mol. The Morgan fingerprint density at radius 2 is 1.64 bits per heavy atom. The Hall–Kier alpha value is -2.53. The number of hydrogen-bond acceptors (Lipinski definition) is 5. The normalized spacial score (nSPS) is 10.5. The van der Waals surface area contributed by atoms with Gasteiger partial charge < -0.3 is 14.8 Å². The predicted octanol–water partition coefficient (Wildman–Crippen LogP) is 4.04. The third-order valence-corrected chi connectivity index (χ3v) is 3.41. The summed E-state index contributed by atoms with van der Waals surface area (Å²) in [5.41, 5.74) is 1.45. The Kier molecular flexibility index (Phi) is 3.98. The van der Waals surface area contributed by atoms with Gasteiger partial charge >= 0.3 is 0 Å². The van der Waals surface area contributed by atoms with Crippen molar-refractivity contribution >= 4 is 34.0 Å². The van der Waals surface area contributed by atoms with E-state index >= 15 is 0 Å². The fourth-order valence-corrected chi connectivity index (χ4v) is 2.40. The lowest BCUT2D eigenvalue weighted by Crippen LogP contribution is -2.00. The first-order chi connectivity index (χ1) is 10.7.